The number of aromatic nitrogens is 2. The van der Waals surface area contributed by atoms with Crippen LogP contribution >= 0.6 is 0 Å². The Balaban J connectivity index is 1.14. The monoisotopic (exact) mass is 701 g/mol. The van der Waals surface area contributed by atoms with Crippen molar-refractivity contribution < 1.29 is 0 Å². The second kappa shape index (κ2) is 13.9. The number of hydrogen-bond donors (Lipinski definition) is 0. The number of pyridine rings is 2. The number of hydrogen-bond acceptors (Lipinski definition) is 3. The van der Waals surface area contributed by atoms with E-state index in [0.29, 0.717) is 0 Å². The first-order valence-electron chi connectivity index (χ1n) is 18.7. The molecular formula is C52H35N3. The lowest BCUT2D eigenvalue weighted by Crippen LogP contribution is -2.09. The normalized spacial score (nSPS) is 11.3. The summed E-state index contributed by atoms with van der Waals surface area (Å²) in [5.74, 6) is 0. The molecule has 2 aromatic heterocycles. The van der Waals surface area contributed by atoms with E-state index in [1.165, 1.54) is 16.2 Å². The molecule has 0 saturated carbocycles. The highest BCUT2D eigenvalue weighted by molar-refractivity contribution is 6.22. The third-order valence-electron chi connectivity index (χ3n) is 10.4. The molecule has 8 aromatic carbocycles. The minimum absolute atomic E-state index is 0.947. The Kier molecular flexibility index (Phi) is 8.16. The lowest BCUT2D eigenvalue weighted by atomic mass is 9.93. The largest absolute Gasteiger partial charge is 0.311 e. The van der Waals surface area contributed by atoms with Crippen LogP contribution in [0.5, 0.6) is 0 Å². The Labute approximate surface area is 320 Å². The lowest BCUT2D eigenvalue weighted by molar-refractivity contribution is 1.28. The van der Waals surface area contributed by atoms with Gasteiger partial charge in [-0.2, -0.15) is 0 Å². The zero-order valence-electron chi connectivity index (χ0n) is 30.0. The van der Waals surface area contributed by atoms with Gasteiger partial charge in [0.1, 0.15) is 0 Å². The number of benzene rings is 8. The molecule has 0 unspecified atom stereocenters. The molecule has 0 amide bonds. The summed E-state index contributed by atoms with van der Waals surface area (Å²) in [6, 6.07) is 75.0. The van der Waals surface area contributed by atoms with Gasteiger partial charge in [-0.05, 0) is 82.6 Å². The highest BCUT2D eigenvalue weighted by atomic mass is 15.1. The van der Waals surface area contributed by atoms with Crippen molar-refractivity contribution in [2.75, 3.05) is 4.90 Å². The predicted octanol–water partition coefficient (Wildman–Crippen LogP) is 14.1. The van der Waals surface area contributed by atoms with Crippen molar-refractivity contribution >= 4 is 49.5 Å². The molecule has 3 nitrogen and oxygen atoms in total. The topological polar surface area (TPSA) is 29.0 Å². The maximum absolute atomic E-state index is 5.41. The number of fused-ring (bicyclic) bond motifs is 5. The summed E-state index contributed by atoms with van der Waals surface area (Å²) in [6.07, 6.45) is 0. The van der Waals surface area contributed by atoms with Crippen LogP contribution < -0.4 is 4.90 Å². The molecule has 3 heteroatoms. The maximum atomic E-state index is 5.41. The van der Waals surface area contributed by atoms with E-state index in [2.05, 4.69) is 205 Å². The molecular weight excluding hydrogens is 667 g/mol. The van der Waals surface area contributed by atoms with Crippen molar-refractivity contribution in [3.63, 3.8) is 0 Å². The number of rotatable bonds is 7. The van der Waals surface area contributed by atoms with Crippen LogP contribution in [0.2, 0.25) is 0 Å². The van der Waals surface area contributed by atoms with Crippen LogP contribution in [0.3, 0.4) is 0 Å². The molecule has 0 atom stereocenters. The average molecular weight is 702 g/mol. The fourth-order valence-electron chi connectivity index (χ4n) is 7.75. The highest BCUT2D eigenvalue weighted by Crippen LogP contribution is 2.41. The SMILES string of the molecule is c1ccc(-c2cc(-c3ccc4nc(-c5ccc(N(c6ccccc6)c6ccccc6)cc5)c5ccc6ccccc6c5c4c3)cc(-c3ccccc3)n2)cc1. The lowest BCUT2D eigenvalue weighted by Gasteiger charge is -2.25. The number of para-hydroxylation sites is 2. The Morgan fingerprint density at radius 2 is 0.836 bits per heavy atom. The summed E-state index contributed by atoms with van der Waals surface area (Å²) < 4.78 is 0. The van der Waals surface area contributed by atoms with Crippen LogP contribution in [0.1, 0.15) is 0 Å². The fourth-order valence-corrected chi connectivity index (χ4v) is 7.75. The van der Waals surface area contributed by atoms with Crippen molar-refractivity contribution in [1.82, 2.24) is 9.97 Å². The molecule has 258 valence electrons. The van der Waals surface area contributed by atoms with Gasteiger partial charge in [-0.25, -0.2) is 9.97 Å². The molecule has 0 aliphatic heterocycles. The first kappa shape index (κ1) is 32.3. The van der Waals surface area contributed by atoms with Gasteiger partial charge in [0.2, 0.25) is 0 Å². The number of anilines is 3. The summed E-state index contributed by atoms with van der Waals surface area (Å²) in [4.78, 5) is 12.8. The zero-order chi connectivity index (χ0) is 36.6. The van der Waals surface area contributed by atoms with E-state index in [1.54, 1.807) is 0 Å². The van der Waals surface area contributed by atoms with Crippen molar-refractivity contribution in [3.8, 4) is 44.9 Å². The molecule has 0 aliphatic carbocycles. The van der Waals surface area contributed by atoms with Crippen LogP contribution in [-0.2, 0) is 0 Å². The third kappa shape index (κ3) is 6.08. The average Bonchev–Trinajstić information content (AvgIpc) is 3.27. The Hall–Kier alpha value is -7.36. The van der Waals surface area contributed by atoms with Gasteiger partial charge in [0.05, 0.1) is 22.6 Å². The molecule has 0 radical (unpaired) electrons. The van der Waals surface area contributed by atoms with Crippen molar-refractivity contribution in [2.45, 2.75) is 0 Å². The number of nitrogens with zero attached hydrogens (tertiary/aromatic N) is 3. The van der Waals surface area contributed by atoms with Crippen LogP contribution in [-0.4, -0.2) is 9.97 Å². The van der Waals surface area contributed by atoms with Gasteiger partial charge in [0.25, 0.3) is 0 Å². The van der Waals surface area contributed by atoms with Gasteiger partial charge < -0.3 is 4.90 Å². The Morgan fingerprint density at radius 1 is 0.309 bits per heavy atom. The molecule has 2 heterocycles. The van der Waals surface area contributed by atoms with Crippen LogP contribution in [0, 0.1) is 0 Å². The first-order chi connectivity index (χ1) is 27.3. The van der Waals surface area contributed by atoms with Crippen molar-refractivity contribution in [2.24, 2.45) is 0 Å². The molecule has 55 heavy (non-hydrogen) atoms. The molecule has 0 aliphatic rings. The van der Waals surface area contributed by atoms with E-state index in [-0.39, 0.29) is 0 Å². The van der Waals surface area contributed by atoms with E-state index in [1.807, 2.05) is 12.1 Å². The van der Waals surface area contributed by atoms with E-state index >= 15 is 0 Å². The molecule has 10 aromatic rings. The maximum Gasteiger partial charge on any atom is 0.0788 e. The molecule has 0 N–H and O–H groups in total. The molecule has 10 rings (SSSR count). The molecule has 0 spiro atoms. The van der Waals surface area contributed by atoms with Gasteiger partial charge in [-0.3, -0.25) is 0 Å². The second-order valence-corrected chi connectivity index (χ2v) is 13.8. The van der Waals surface area contributed by atoms with Gasteiger partial charge in [0.15, 0.2) is 0 Å². The summed E-state index contributed by atoms with van der Waals surface area (Å²) in [7, 11) is 0. The Morgan fingerprint density at radius 3 is 1.45 bits per heavy atom. The standard InChI is InChI=1S/C52H35N3/c1-5-16-37(17-6-1)49-34-41(35-50(53-49)38-18-7-2-8-19-38)40-28-32-48-47(33-40)51-45-24-14-13-15-36(45)27-31-46(51)52(54-48)39-25-29-44(30-26-39)55(42-20-9-3-10-21-42)43-22-11-4-12-23-43/h1-35H. The summed E-state index contributed by atoms with van der Waals surface area (Å²) in [5, 5.41) is 5.88. The highest BCUT2D eigenvalue weighted by Gasteiger charge is 2.17. The summed E-state index contributed by atoms with van der Waals surface area (Å²) >= 11 is 0. The minimum atomic E-state index is 0.947. The van der Waals surface area contributed by atoms with Crippen LogP contribution in [0.25, 0.3) is 77.3 Å². The summed E-state index contributed by atoms with van der Waals surface area (Å²) in [5.41, 5.74) is 12.6. The zero-order valence-corrected chi connectivity index (χ0v) is 30.0. The van der Waals surface area contributed by atoms with Gasteiger partial charge >= 0.3 is 0 Å². The summed E-state index contributed by atoms with van der Waals surface area (Å²) in [6.45, 7) is 0. The van der Waals surface area contributed by atoms with E-state index in [0.717, 1.165) is 78.3 Å². The minimum Gasteiger partial charge on any atom is -0.311 e. The predicted molar refractivity (Wildman–Crippen MR) is 231 cm³/mol. The van der Waals surface area contributed by atoms with Crippen LogP contribution in [0.15, 0.2) is 212 Å². The molecule has 0 saturated heterocycles. The van der Waals surface area contributed by atoms with Gasteiger partial charge in [0, 0.05) is 49.9 Å². The van der Waals surface area contributed by atoms with E-state index < -0.39 is 0 Å². The smallest absolute Gasteiger partial charge is 0.0788 e. The van der Waals surface area contributed by atoms with E-state index in [9.17, 15) is 0 Å². The quantitative estimate of drug-likeness (QED) is 0.155. The van der Waals surface area contributed by atoms with E-state index in [4.69, 9.17) is 9.97 Å². The van der Waals surface area contributed by atoms with Crippen molar-refractivity contribution in [1.29, 1.82) is 0 Å². The van der Waals surface area contributed by atoms with Crippen molar-refractivity contribution in [3.05, 3.63) is 212 Å². The molecule has 0 fully saturated rings. The second-order valence-electron chi connectivity index (χ2n) is 13.8. The molecule has 0 bridgehead atoms. The third-order valence-corrected chi connectivity index (χ3v) is 10.4. The van der Waals surface area contributed by atoms with Crippen LogP contribution in [0.4, 0.5) is 17.1 Å². The van der Waals surface area contributed by atoms with Gasteiger partial charge in [-0.15, -0.1) is 0 Å². The Bertz CT molecular complexity index is 2850. The fraction of sp³-hybridized carbons (Fsp3) is 0. The van der Waals surface area contributed by atoms with Gasteiger partial charge in [-0.1, -0.05) is 152 Å². The first-order valence-corrected chi connectivity index (χ1v) is 18.7.